The standard InChI is InChI=1S/C22H22O2/c1-3-4-5-16-6-8-17(9-7-16)18-10-11-20-15-21(22(23)24-2)13-12-19(20)14-18/h6-15H,3-5H2,1-2H3. The van der Waals surface area contributed by atoms with E-state index in [4.69, 9.17) is 4.74 Å². The highest BCUT2D eigenvalue weighted by Crippen LogP contribution is 2.26. The van der Waals surface area contributed by atoms with Crippen LogP contribution in [0.15, 0.2) is 60.7 Å². The van der Waals surface area contributed by atoms with Crippen LogP contribution in [0.4, 0.5) is 0 Å². The molecule has 0 aliphatic heterocycles. The van der Waals surface area contributed by atoms with Gasteiger partial charge in [0, 0.05) is 0 Å². The monoisotopic (exact) mass is 318 g/mol. The second kappa shape index (κ2) is 7.31. The van der Waals surface area contributed by atoms with Gasteiger partial charge in [0.1, 0.15) is 0 Å². The molecule has 0 aliphatic carbocycles. The summed E-state index contributed by atoms with van der Waals surface area (Å²) >= 11 is 0. The van der Waals surface area contributed by atoms with Crippen LogP contribution in [0.5, 0.6) is 0 Å². The summed E-state index contributed by atoms with van der Waals surface area (Å²) in [5.74, 6) is -0.302. The third kappa shape index (κ3) is 3.48. The maximum Gasteiger partial charge on any atom is 0.337 e. The van der Waals surface area contributed by atoms with Gasteiger partial charge in [0.25, 0.3) is 0 Å². The summed E-state index contributed by atoms with van der Waals surface area (Å²) in [6.07, 6.45) is 3.60. The minimum Gasteiger partial charge on any atom is -0.465 e. The molecule has 0 heterocycles. The molecular formula is C22H22O2. The van der Waals surface area contributed by atoms with Crippen LogP contribution in [0, 0.1) is 0 Å². The lowest BCUT2D eigenvalue weighted by Crippen LogP contribution is -2.00. The van der Waals surface area contributed by atoms with Gasteiger partial charge in [-0.05, 0) is 58.5 Å². The van der Waals surface area contributed by atoms with Gasteiger partial charge in [-0.1, -0.05) is 55.8 Å². The van der Waals surface area contributed by atoms with Crippen LogP contribution in [-0.2, 0) is 11.2 Å². The molecule has 0 radical (unpaired) electrons. The number of methoxy groups -OCH3 is 1. The quantitative estimate of drug-likeness (QED) is 0.569. The fraction of sp³-hybridized carbons (Fsp3) is 0.227. The number of unbranched alkanes of at least 4 members (excludes halogenated alkanes) is 1. The lowest BCUT2D eigenvalue weighted by atomic mass is 9.98. The molecular weight excluding hydrogens is 296 g/mol. The number of hydrogen-bond acceptors (Lipinski definition) is 2. The van der Waals surface area contributed by atoms with Gasteiger partial charge in [-0.3, -0.25) is 0 Å². The normalized spacial score (nSPS) is 10.8. The maximum absolute atomic E-state index is 11.6. The van der Waals surface area contributed by atoms with Gasteiger partial charge in [-0.15, -0.1) is 0 Å². The van der Waals surface area contributed by atoms with Crippen molar-refractivity contribution in [2.45, 2.75) is 26.2 Å². The molecule has 0 amide bonds. The van der Waals surface area contributed by atoms with Crippen molar-refractivity contribution in [2.75, 3.05) is 7.11 Å². The number of aryl methyl sites for hydroxylation is 1. The number of benzene rings is 3. The highest BCUT2D eigenvalue weighted by atomic mass is 16.5. The highest BCUT2D eigenvalue weighted by Gasteiger charge is 2.07. The smallest absolute Gasteiger partial charge is 0.337 e. The molecule has 2 nitrogen and oxygen atoms in total. The van der Waals surface area contributed by atoms with Gasteiger partial charge in [0.2, 0.25) is 0 Å². The van der Waals surface area contributed by atoms with Gasteiger partial charge in [0.15, 0.2) is 0 Å². The van der Waals surface area contributed by atoms with Crippen molar-refractivity contribution in [1.29, 1.82) is 0 Å². The van der Waals surface area contributed by atoms with E-state index in [2.05, 4.69) is 49.4 Å². The number of esters is 1. The van der Waals surface area contributed by atoms with E-state index in [1.165, 1.54) is 36.6 Å². The van der Waals surface area contributed by atoms with Gasteiger partial charge in [0.05, 0.1) is 12.7 Å². The molecule has 0 N–H and O–H groups in total. The van der Waals surface area contributed by atoms with E-state index in [9.17, 15) is 4.79 Å². The van der Waals surface area contributed by atoms with E-state index >= 15 is 0 Å². The Morgan fingerprint density at radius 3 is 2.25 bits per heavy atom. The molecule has 3 rings (SSSR count). The van der Waals surface area contributed by atoms with Crippen LogP contribution >= 0.6 is 0 Å². The van der Waals surface area contributed by atoms with Crippen LogP contribution in [0.1, 0.15) is 35.7 Å². The number of carbonyl (C=O) groups excluding carboxylic acids is 1. The lowest BCUT2D eigenvalue weighted by molar-refractivity contribution is 0.0601. The van der Waals surface area contributed by atoms with E-state index in [0.717, 1.165) is 17.2 Å². The average Bonchev–Trinajstić information content (AvgIpc) is 2.65. The Morgan fingerprint density at radius 1 is 0.875 bits per heavy atom. The van der Waals surface area contributed by atoms with Crippen LogP contribution in [0.2, 0.25) is 0 Å². The van der Waals surface area contributed by atoms with Crippen molar-refractivity contribution in [3.8, 4) is 11.1 Å². The second-order valence-electron chi connectivity index (χ2n) is 6.07. The minimum absolute atomic E-state index is 0.302. The molecule has 24 heavy (non-hydrogen) atoms. The van der Waals surface area contributed by atoms with Crippen LogP contribution in [-0.4, -0.2) is 13.1 Å². The number of ether oxygens (including phenoxy) is 1. The van der Waals surface area contributed by atoms with Crippen molar-refractivity contribution in [3.05, 3.63) is 71.8 Å². The summed E-state index contributed by atoms with van der Waals surface area (Å²) in [4.78, 5) is 11.6. The topological polar surface area (TPSA) is 26.3 Å². The summed E-state index contributed by atoms with van der Waals surface area (Å²) in [6, 6.07) is 20.8. The first-order chi connectivity index (χ1) is 11.7. The SMILES string of the molecule is CCCCc1ccc(-c2ccc3cc(C(=O)OC)ccc3c2)cc1. The van der Waals surface area contributed by atoms with E-state index in [1.54, 1.807) is 0 Å². The summed E-state index contributed by atoms with van der Waals surface area (Å²) in [6.45, 7) is 2.22. The van der Waals surface area contributed by atoms with Crippen molar-refractivity contribution in [3.63, 3.8) is 0 Å². The van der Waals surface area contributed by atoms with Crippen molar-refractivity contribution in [2.24, 2.45) is 0 Å². The van der Waals surface area contributed by atoms with E-state index in [0.29, 0.717) is 5.56 Å². The molecule has 0 aliphatic rings. The number of fused-ring (bicyclic) bond motifs is 1. The molecule has 3 aromatic carbocycles. The highest BCUT2D eigenvalue weighted by molar-refractivity contribution is 5.96. The predicted molar refractivity (Wildman–Crippen MR) is 99.3 cm³/mol. The van der Waals surface area contributed by atoms with Crippen molar-refractivity contribution >= 4 is 16.7 Å². The van der Waals surface area contributed by atoms with E-state index in [-0.39, 0.29) is 5.97 Å². The van der Waals surface area contributed by atoms with Crippen LogP contribution in [0.3, 0.4) is 0 Å². The van der Waals surface area contributed by atoms with Gasteiger partial charge in [-0.25, -0.2) is 4.79 Å². The molecule has 0 bridgehead atoms. The second-order valence-corrected chi connectivity index (χ2v) is 6.07. The molecule has 0 aromatic heterocycles. The Bertz CT molecular complexity index is 847. The summed E-state index contributed by atoms with van der Waals surface area (Å²) in [5.41, 5.74) is 4.38. The third-order valence-electron chi connectivity index (χ3n) is 4.37. The number of hydrogen-bond donors (Lipinski definition) is 0. The van der Waals surface area contributed by atoms with Crippen LogP contribution < -0.4 is 0 Å². The summed E-state index contributed by atoms with van der Waals surface area (Å²) < 4.78 is 4.78. The Balaban J connectivity index is 1.89. The fourth-order valence-corrected chi connectivity index (χ4v) is 2.91. The molecule has 3 aromatic rings. The molecule has 122 valence electrons. The first-order valence-corrected chi connectivity index (χ1v) is 8.42. The zero-order valence-electron chi connectivity index (χ0n) is 14.2. The Labute approximate surface area is 143 Å². The Kier molecular flexibility index (Phi) is 4.95. The zero-order valence-corrected chi connectivity index (χ0v) is 14.2. The van der Waals surface area contributed by atoms with E-state index < -0.39 is 0 Å². The Hall–Kier alpha value is -2.61. The minimum atomic E-state index is -0.302. The van der Waals surface area contributed by atoms with Crippen molar-refractivity contribution in [1.82, 2.24) is 0 Å². The van der Waals surface area contributed by atoms with Crippen LogP contribution in [0.25, 0.3) is 21.9 Å². The van der Waals surface area contributed by atoms with Gasteiger partial charge >= 0.3 is 5.97 Å². The molecule has 0 unspecified atom stereocenters. The maximum atomic E-state index is 11.6. The molecule has 0 fully saturated rings. The largest absolute Gasteiger partial charge is 0.465 e. The van der Waals surface area contributed by atoms with Crippen molar-refractivity contribution < 1.29 is 9.53 Å². The summed E-state index contributed by atoms with van der Waals surface area (Å²) in [5, 5.41) is 2.16. The zero-order chi connectivity index (χ0) is 16.9. The predicted octanol–water partition coefficient (Wildman–Crippen LogP) is 5.64. The first-order valence-electron chi connectivity index (χ1n) is 8.42. The Morgan fingerprint density at radius 2 is 1.54 bits per heavy atom. The number of carbonyl (C=O) groups is 1. The summed E-state index contributed by atoms with van der Waals surface area (Å²) in [7, 11) is 1.40. The average molecular weight is 318 g/mol. The number of rotatable bonds is 5. The van der Waals surface area contributed by atoms with Gasteiger partial charge < -0.3 is 4.74 Å². The molecule has 0 atom stereocenters. The molecule has 2 heteroatoms. The van der Waals surface area contributed by atoms with E-state index in [1.807, 2.05) is 18.2 Å². The molecule has 0 saturated carbocycles. The van der Waals surface area contributed by atoms with Gasteiger partial charge in [-0.2, -0.15) is 0 Å². The lowest BCUT2D eigenvalue weighted by Gasteiger charge is -2.07. The first kappa shape index (κ1) is 16.3. The molecule has 0 spiro atoms. The third-order valence-corrected chi connectivity index (χ3v) is 4.37. The molecule has 0 saturated heterocycles. The fourth-order valence-electron chi connectivity index (χ4n) is 2.91.